The Kier molecular flexibility index (Phi) is 2.04. The van der Waals surface area contributed by atoms with Crippen LogP contribution < -0.4 is 5.73 Å². The first-order valence-electron chi connectivity index (χ1n) is 5.09. The molecule has 0 spiro atoms. The largest absolute Gasteiger partial charge is 0.399 e. The van der Waals surface area contributed by atoms with Gasteiger partial charge in [-0.3, -0.25) is 0 Å². The predicted octanol–water partition coefficient (Wildman–Crippen LogP) is 2.14. The molecule has 0 amide bonds. The predicted molar refractivity (Wildman–Crippen MR) is 63.2 cm³/mol. The van der Waals surface area contributed by atoms with Crippen molar-refractivity contribution in [2.24, 2.45) is 0 Å². The lowest BCUT2D eigenvalue weighted by Gasteiger charge is -2.02. The fourth-order valence-corrected chi connectivity index (χ4v) is 1.75. The van der Waals surface area contributed by atoms with Gasteiger partial charge in [0, 0.05) is 11.1 Å². The summed E-state index contributed by atoms with van der Waals surface area (Å²) in [6.45, 7) is 0. The van der Waals surface area contributed by atoms with Gasteiger partial charge in [0.05, 0.1) is 23.6 Å². The van der Waals surface area contributed by atoms with Crippen LogP contribution >= 0.6 is 0 Å². The van der Waals surface area contributed by atoms with Crippen LogP contribution in [0.2, 0.25) is 0 Å². The average molecular weight is 228 g/mol. The molecule has 3 aromatic rings. The van der Waals surface area contributed by atoms with Crippen molar-refractivity contribution in [3.05, 3.63) is 48.7 Å². The number of anilines is 1. The molecular formula is C12H9FN4. The van der Waals surface area contributed by atoms with Crippen molar-refractivity contribution in [1.82, 2.24) is 14.8 Å². The smallest absolute Gasteiger partial charge is 0.212 e. The van der Waals surface area contributed by atoms with E-state index in [1.54, 1.807) is 23.0 Å². The lowest BCUT2D eigenvalue weighted by molar-refractivity contribution is 0.582. The van der Waals surface area contributed by atoms with Gasteiger partial charge in [-0.2, -0.15) is 9.49 Å². The lowest BCUT2D eigenvalue weighted by atomic mass is 10.2. The highest BCUT2D eigenvalue weighted by Gasteiger charge is 2.05. The number of nitrogens with two attached hydrogens (primary N) is 1. The summed E-state index contributed by atoms with van der Waals surface area (Å²) in [6.07, 6.45) is 3.16. The fraction of sp³-hybridized carbons (Fsp3) is 0. The molecule has 3 rings (SSSR count). The van der Waals surface area contributed by atoms with Gasteiger partial charge in [-0.05, 0) is 30.3 Å². The molecule has 0 saturated carbocycles. The van der Waals surface area contributed by atoms with E-state index < -0.39 is 5.95 Å². The quantitative estimate of drug-likeness (QED) is 0.512. The van der Waals surface area contributed by atoms with Crippen LogP contribution in [0.15, 0.2) is 42.7 Å². The van der Waals surface area contributed by atoms with E-state index in [1.807, 2.05) is 12.1 Å². The van der Waals surface area contributed by atoms with Crippen LogP contribution in [0.25, 0.3) is 16.6 Å². The van der Waals surface area contributed by atoms with Crippen LogP contribution in [0.5, 0.6) is 0 Å². The molecule has 84 valence electrons. The lowest BCUT2D eigenvalue weighted by Crippen LogP contribution is -1.97. The second-order valence-electron chi connectivity index (χ2n) is 3.71. The second-order valence-corrected chi connectivity index (χ2v) is 3.71. The number of aromatic nitrogens is 3. The van der Waals surface area contributed by atoms with Gasteiger partial charge < -0.3 is 5.73 Å². The number of nitrogen functional groups attached to an aromatic ring is 1. The van der Waals surface area contributed by atoms with Gasteiger partial charge in [0.1, 0.15) is 0 Å². The minimum atomic E-state index is -0.505. The molecule has 0 saturated heterocycles. The molecule has 0 unspecified atom stereocenters. The van der Waals surface area contributed by atoms with Gasteiger partial charge in [0.15, 0.2) is 0 Å². The Morgan fingerprint density at radius 1 is 1.12 bits per heavy atom. The molecule has 0 atom stereocenters. The summed E-state index contributed by atoms with van der Waals surface area (Å²) in [6, 6.07) is 8.46. The van der Waals surface area contributed by atoms with E-state index in [0.717, 1.165) is 10.9 Å². The fourth-order valence-electron chi connectivity index (χ4n) is 1.75. The molecule has 0 aliphatic heterocycles. The van der Waals surface area contributed by atoms with Crippen molar-refractivity contribution < 1.29 is 4.39 Å². The molecule has 0 bridgehead atoms. The Morgan fingerprint density at radius 3 is 2.76 bits per heavy atom. The normalized spacial score (nSPS) is 10.9. The molecule has 0 fully saturated rings. The first-order valence-corrected chi connectivity index (χ1v) is 5.09. The van der Waals surface area contributed by atoms with Gasteiger partial charge in [0.25, 0.3) is 0 Å². The van der Waals surface area contributed by atoms with Gasteiger partial charge in [-0.15, -0.1) is 0 Å². The summed E-state index contributed by atoms with van der Waals surface area (Å²) in [5.74, 6) is -0.505. The molecule has 2 aromatic heterocycles. The third kappa shape index (κ3) is 1.61. The molecule has 2 N–H and O–H groups in total. The average Bonchev–Trinajstić information content (AvgIpc) is 2.73. The number of fused-ring (bicyclic) bond motifs is 1. The van der Waals surface area contributed by atoms with Crippen LogP contribution in [0, 0.1) is 5.95 Å². The number of pyridine rings is 1. The van der Waals surface area contributed by atoms with Gasteiger partial charge in [-0.1, -0.05) is 0 Å². The number of rotatable bonds is 1. The first kappa shape index (κ1) is 9.77. The summed E-state index contributed by atoms with van der Waals surface area (Å²) in [5.41, 5.74) is 8.01. The first-order chi connectivity index (χ1) is 8.24. The Morgan fingerprint density at radius 2 is 2.00 bits per heavy atom. The Balaban J connectivity index is 2.21. The van der Waals surface area contributed by atoms with Gasteiger partial charge >= 0.3 is 0 Å². The highest BCUT2D eigenvalue weighted by molar-refractivity contribution is 5.83. The zero-order valence-electron chi connectivity index (χ0n) is 8.84. The van der Waals surface area contributed by atoms with Gasteiger partial charge in [-0.25, -0.2) is 9.67 Å². The summed E-state index contributed by atoms with van der Waals surface area (Å²) >= 11 is 0. The van der Waals surface area contributed by atoms with Crippen molar-refractivity contribution in [3.63, 3.8) is 0 Å². The minimum absolute atomic E-state index is 0.505. The van der Waals surface area contributed by atoms with Crippen LogP contribution in [0.1, 0.15) is 0 Å². The molecular weight excluding hydrogens is 219 g/mol. The molecule has 5 heteroatoms. The topological polar surface area (TPSA) is 56.7 Å². The number of hydrogen-bond donors (Lipinski definition) is 1. The number of benzene rings is 1. The zero-order chi connectivity index (χ0) is 11.8. The van der Waals surface area contributed by atoms with Crippen LogP contribution in [0.4, 0.5) is 10.1 Å². The molecule has 0 aliphatic rings. The van der Waals surface area contributed by atoms with E-state index in [-0.39, 0.29) is 0 Å². The van der Waals surface area contributed by atoms with E-state index in [1.165, 1.54) is 12.3 Å². The van der Waals surface area contributed by atoms with E-state index >= 15 is 0 Å². The van der Waals surface area contributed by atoms with Crippen molar-refractivity contribution in [1.29, 1.82) is 0 Å². The maximum absolute atomic E-state index is 12.7. The van der Waals surface area contributed by atoms with Crippen molar-refractivity contribution in [2.75, 3.05) is 5.73 Å². The summed E-state index contributed by atoms with van der Waals surface area (Å²) in [7, 11) is 0. The highest BCUT2D eigenvalue weighted by atomic mass is 19.1. The van der Waals surface area contributed by atoms with Crippen molar-refractivity contribution >= 4 is 16.6 Å². The maximum atomic E-state index is 12.7. The monoisotopic (exact) mass is 228 g/mol. The number of hydrogen-bond acceptors (Lipinski definition) is 3. The number of halogens is 1. The molecule has 1 aromatic carbocycles. The summed E-state index contributed by atoms with van der Waals surface area (Å²) in [4.78, 5) is 3.61. The number of nitrogens with zero attached hydrogens (tertiary/aromatic N) is 3. The molecule has 4 nitrogen and oxygen atoms in total. The summed E-state index contributed by atoms with van der Waals surface area (Å²) < 4.78 is 14.4. The minimum Gasteiger partial charge on any atom is -0.399 e. The van der Waals surface area contributed by atoms with E-state index in [2.05, 4.69) is 10.1 Å². The maximum Gasteiger partial charge on any atom is 0.212 e. The molecule has 0 aliphatic carbocycles. The van der Waals surface area contributed by atoms with Crippen LogP contribution in [-0.2, 0) is 0 Å². The SMILES string of the molecule is Nc1ccc2c(cnn2-c2ccc(F)nc2)c1. The van der Waals surface area contributed by atoms with Crippen LogP contribution in [0.3, 0.4) is 0 Å². The van der Waals surface area contributed by atoms with Crippen LogP contribution in [-0.4, -0.2) is 14.8 Å². The van der Waals surface area contributed by atoms with E-state index in [9.17, 15) is 4.39 Å². The van der Waals surface area contributed by atoms with Gasteiger partial charge in [0.2, 0.25) is 5.95 Å². The standard InChI is InChI=1S/C12H9FN4/c13-12-4-2-10(7-15-12)17-11-3-1-9(14)5-8(11)6-16-17/h1-7H,14H2. The Labute approximate surface area is 96.5 Å². The van der Waals surface area contributed by atoms with E-state index in [4.69, 9.17) is 5.73 Å². The van der Waals surface area contributed by atoms with E-state index in [0.29, 0.717) is 11.4 Å². The second kappa shape index (κ2) is 3.55. The Bertz CT molecular complexity index is 673. The molecule has 0 radical (unpaired) electrons. The molecule has 2 heterocycles. The third-order valence-electron chi connectivity index (χ3n) is 2.55. The Hall–Kier alpha value is -2.43. The summed E-state index contributed by atoms with van der Waals surface area (Å²) in [5, 5.41) is 5.17. The molecule has 17 heavy (non-hydrogen) atoms. The van der Waals surface area contributed by atoms with Crippen molar-refractivity contribution in [2.45, 2.75) is 0 Å². The highest BCUT2D eigenvalue weighted by Crippen LogP contribution is 2.20. The zero-order valence-corrected chi connectivity index (χ0v) is 8.84. The van der Waals surface area contributed by atoms with Crippen molar-refractivity contribution in [3.8, 4) is 5.69 Å². The third-order valence-corrected chi connectivity index (χ3v) is 2.55.